The number of hydrogen-bond acceptors (Lipinski definition) is 5. The molecule has 6 heteroatoms. The molecule has 1 aliphatic heterocycles. The quantitative estimate of drug-likeness (QED) is 0.839. The zero-order valence-electron chi connectivity index (χ0n) is 12.1. The summed E-state index contributed by atoms with van der Waals surface area (Å²) >= 11 is 5.98. The van der Waals surface area contributed by atoms with Crippen molar-refractivity contribution in [3.05, 3.63) is 35.1 Å². The summed E-state index contributed by atoms with van der Waals surface area (Å²) < 4.78 is 5.85. The molecule has 0 unspecified atom stereocenters. The number of anilines is 2. The van der Waals surface area contributed by atoms with Gasteiger partial charge in [0.15, 0.2) is 0 Å². The number of halogens is 1. The van der Waals surface area contributed by atoms with Crippen LogP contribution in [0.1, 0.15) is 24.8 Å². The van der Waals surface area contributed by atoms with E-state index in [9.17, 15) is 0 Å². The van der Waals surface area contributed by atoms with E-state index in [0.717, 1.165) is 24.4 Å². The molecular formula is C16H17ClN4O. The molecule has 2 heterocycles. The molecule has 0 spiro atoms. The van der Waals surface area contributed by atoms with Crippen LogP contribution >= 0.6 is 11.6 Å². The van der Waals surface area contributed by atoms with Gasteiger partial charge in [-0.1, -0.05) is 6.07 Å². The lowest BCUT2D eigenvalue weighted by atomic mass is 10.0. The molecule has 22 heavy (non-hydrogen) atoms. The first-order valence-electron chi connectivity index (χ1n) is 7.62. The van der Waals surface area contributed by atoms with Crippen LogP contribution in [0.15, 0.2) is 24.3 Å². The molecule has 0 saturated heterocycles. The Morgan fingerprint density at radius 2 is 2.14 bits per heavy atom. The fourth-order valence-corrected chi connectivity index (χ4v) is 2.76. The second-order valence-corrected chi connectivity index (χ2v) is 6.07. The van der Waals surface area contributed by atoms with Crippen molar-refractivity contribution in [1.82, 2.24) is 9.97 Å². The molecular weight excluding hydrogens is 300 g/mol. The van der Waals surface area contributed by atoms with Crippen molar-refractivity contribution in [2.24, 2.45) is 0 Å². The van der Waals surface area contributed by atoms with E-state index in [1.165, 1.54) is 24.8 Å². The Hall–Kier alpha value is -2.01. The highest BCUT2D eigenvalue weighted by molar-refractivity contribution is 6.28. The highest BCUT2D eigenvalue weighted by atomic mass is 35.5. The van der Waals surface area contributed by atoms with E-state index in [-0.39, 0.29) is 5.28 Å². The lowest BCUT2D eigenvalue weighted by Gasteiger charge is -2.18. The van der Waals surface area contributed by atoms with Crippen LogP contribution in [-0.4, -0.2) is 22.6 Å². The predicted octanol–water partition coefficient (Wildman–Crippen LogP) is 3.85. The van der Waals surface area contributed by atoms with Crippen LogP contribution in [0.4, 0.5) is 11.5 Å². The minimum absolute atomic E-state index is 0.191. The van der Waals surface area contributed by atoms with Gasteiger partial charge in [-0.2, -0.15) is 4.98 Å². The third-order valence-corrected chi connectivity index (χ3v) is 4.02. The first-order valence-corrected chi connectivity index (χ1v) is 8.00. The maximum Gasteiger partial charge on any atom is 0.227 e. The lowest BCUT2D eigenvalue weighted by molar-refractivity contribution is 0.462. The van der Waals surface area contributed by atoms with Crippen LogP contribution in [0.25, 0.3) is 0 Å². The molecule has 1 saturated carbocycles. The third kappa shape index (κ3) is 3.09. The Morgan fingerprint density at radius 1 is 1.23 bits per heavy atom. The average molecular weight is 317 g/mol. The summed E-state index contributed by atoms with van der Waals surface area (Å²) in [5, 5.41) is 6.89. The number of nitrogens with one attached hydrogen (secondary N) is 2. The molecule has 2 N–H and O–H groups in total. The predicted molar refractivity (Wildman–Crippen MR) is 87.0 cm³/mol. The van der Waals surface area contributed by atoms with Gasteiger partial charge in [0.25, 0.3) is 0 Å². The van der Waals surface area contributed by atoms with Gasteiger partial charge in [0.05, 0.1) is 0 Å². The van der Waals surface area contributed by atoms with E-state index >= 15 is 0 Å². The second-order valence-electron chi connectivity index (χ2n) is 5.73. The molecule has 2 aromatic rings. The summed E-state index contributed by atoms with van der Waals surface area (Å²) in [6.07, 6.45) is 4.63. The number of hydrogen-bond donors (Lipinski definition) is 2. The van der Waals surface area contributed by atoms with Crippen molar-refractivity contribution in [2.75, 3.05) is 17.2 Å². The number of aromatic nitrogens is 2. The minimum atomic E-state index is 0.191. The summed E-state index contributed by atoms with van der Waals surface area (Å²) in [5.74, 6) is 1.92. The number of fused-ring (bicyclic) bond motifs is 1. The standard InChI is InChI=1S/C16H17ClN4O/c17-16-20-14(19-11-4-5-11)9-15(21-16)22-12-6-3-10-2-1-7-18-13(10)8-12/h3,6,8-9,11,18H,1-2,4-5,7H2,(H,19,20,21). The van der Waals surface area contributed by atoms with Gasteiger partial charge in [0, 0.05) is 30.4 Å². The topological polar surface area (TPSA) is 59.1 Å². The molecule has 2 aliphatic rings. The van der Waals surface area contributed by atoms with Crippen LogP contribution in [0.2, 0.25) is 5.28 Å². The van der Waals surface area contributed by atoms with E-state index in [1.807, 2.05) is 12.1 Å². The number of aryl methyl sites for hydroxylation is 1. The van der Waals surface area contributed by atoms with Gasteiger partial charge in [-0.3, -0.25) is 0 Å². The van der Waals surface area contributed by atoms with Gasteiger partial charge in [0.1, 0.15) is 11.6 Å². The normalized spacial score (nSPS) is 16.6. The molecule has 5 nitrogen and oxygen atoms in total. The zero-order chi connectivity index (χ0) is 14.9. The summed E-state index contributed by atoms with van der Waals surface area (Å²) in [5.41, 5.74) is 2.47. The van der Waals surface area contributed by atoms with Gasteiger partial charge >= 0.3 is 0 Å². The molecule has 0 radical (unpaired) electrons. The maximum atomic E-state index is 5.98. The number of nitrogens with zero attached hydrogens (tertiary/aromatic N) is 2. The molecule has 1 aromatic carbocycles. The largest absolute Gasteiger partial charge is 0.439 e. The summed E-state index contributed by atoms with van der Waals surface area (Å²) in [6.45, 7) is 1.01. The van der Waals surface area contributed by atoms with E-state index in [1.54, 1.807) is 6.07 Å². The summed E-state index contributed by atoms with van der Waals surface area (Å²) in [7, 11) is 0. The summed E-state index contributed by atoms with van der Waals surface area (Å²) in [6, 6.07) is 8.38. The first-order chi connectivity index (χ1) is 10.8. The monoisotopic (exact) mass is 316 g/mol. The lowest BCUT2D eigenvalue weighted by Crippen LogP contribution is -2.11. The van der Waals surface area contributed by atoms with Crippen LogP contribution in [-0.2, 0) is 6.42 Å². The van der Waals surface area contributed by atoms with Crippen molar-refractivity contribution in [3.63, 3.8) is 0 Å². The Labute approximate surface area is 134 Å². The fraction of sp³-hybridized carbons (Fsp3) is 0.375. The maximum absolute atomic E-state index is 5.98. The number of ether oxygens (including phenoxy) is 1. The molecule has 114 valence electrons. The molecule has 1 aromatic heterocycles. The molecule has 1 fully saturated rings. The van der Waals surface area contributed by atoms with Crippen LogP contribution in [0.3, 0.4) is 0 Å². The molecule has 4 rings (SSSR count). The Balaban J connectivity index is 1.55. The zero-order valence-corrected chi connectivity index (χ0v) is 12.9. The van der Waals surface area contributed by atoms with Crippen molar-refractivity contribution >= 4 is 23.1 Å². The van der Waals surface area contributed by atoms with Gasteiger partial charge in [-0.15, -0.1) is 0 Å². The molecule has 0 bridgehead atoms. The van der Waals surface area contributed by atoms with E-state index in [4.69, 9.17) is 16.3 Å². The van der Waals surface area contributed by atoms with E-state index in [0.29, 0.717) is 17.7 Å². The highest BCUT2D eigenvalue weighted by Gasteiger charge is 2.22. The number of rotatable bonds is 4. The minimum Gasteiger partial charge on any atom is -0.439 e. The van der Waals surface area contributed by atoms with Gasteiger partial charge < -0.3 is 15.4 Å². The molecule has 0 atom stereocenters. The Kier molecular flexibility index (Phi) is 3.50. The van der Waals surface area contributed by atoms with Crippen LogP contribution in [0.5, 0.6) is 11.6 Å². The van der Waals surface area contributed by atoms with Crippen molar-refractivity contribution in [1.29, 1.82) is 0 Å². The van der Waals surface area contributed by atoms with Crippen molar-refractivity contribution in [2.45, 2.75) is 31.7 Å². The van der Waals surface area contributed by atoms with Crippen molar-refractivity contribution in [3.8, 4) is 11.6 Å². The van der Waals surface area contributed by atoms with Crippen LogP contribution < -0.4 is 15.4 Å². The average Bonchev–Trinajstić information content (AvgIpc) is 3.30. The van der Waals surface area contributed by atoms with Crippen LogP contribution in [0, 0.1) is 0 Å². The second kappa shape index (κ2) is 5.65. The fourth-order valence-electron chi connectivity index (χ4n) is 2.58. The highest BCUT2D eigenvalue weighted by Crippen LogP contribution is 2.31. The Morgan fingerprint density at radius 3 is 3.00 bits per heavy atom. The smallest absolute Gasteiger partial charge is 0.227 e. The summed E-state index contributed by atoms with van der Waals surface area (Å²) in [4.78, 5) is 8.32. The number of benzene rings is 1. The molecule has 0 amide bonds. The SMILES string of the molecule is Clc1nc(NC2CC2)cc(Oc2ccc3c(c2)NCCC3)n1. The van der Waals surface area contributed by atoms with E-state index < -0.39 is 0 Å². The molecule has 1 aliphatic carbocycles. The van der Waals surface area contributed by atoms with Gasteiger partial charge in [-0.05, 0) is 48.9 Å². The first kappa shape index (κ1) is 13.6. The van der Waals surface area contributed by atoms with Crippen molar-refractivity contribution < 1.29 is 4.74 Å². The van der Waals surface area contributed by atoms with E-state index in [2.05, 4.69) is 26.7 Å². The van der Waals surface area contributed by atoms with Gasteiger partial charge in [-0.25, -0.2) is 4.98 Å². The third-order valence-electron chi connectivity index (χ3n) is 3.85. The van der Waals surface area contributed by atoms with Gasteiger partial charge in [0.2, 0.25) is 11.2 Å². The Bertz CT molecular complexity index is 703.